The number of nitrogens with zero attached hydrogens (tertiary/aromatic N) is 4. The maximum atomic E-state index is 6.32. The minimum absolute atomic E-state index is 0. The van der Waals surface area contributed by atoms with Crippen LogP contribution in [0.5, 0.6) is 5.75 Å². The van der Waals surface area contributed by atoms with Gasteiger partial charge >= 0.3 is 0 Å². The highest BCUT2D eigenvalue weighted by Crippen LogP contribution is 2.23. The van der Waals surface area contributed by atoms with E-state index < -0.39 is 0 Å². The number of benzene rings is 1. The topological polar surface area (TPSA) is 63.9 Å². The molecule has 2 aromatic rings. The molecule has 0 saturated carbocycles. The Morgan fingerprint density at radius 1 is 1.46 bits per heavy atom. The predicted octanol–water partition coefficient (Wildman–Crippen LogP) is 2.89. The summed E-state index contributed by atoms with van der Waals surface area (Å²) in [6, 6.07) is 5.77. The van der Waals surface area contributed by atoms with Crippen LogP contribution < -0.4 is 10.1 Å². The molecule has 1 N–H and O–H groups in total. The molecule has 1 unspecified atom stereocenters. The van der Waals surface area contributed by atoms with E-state index in [1.807, 2.05) is 37.6 Å². The highest BCUT2D eigenvalue weighted by molar-refractivity contribution is 14.0. The van der Waals surface area contributed by atoms with Crippen LogP contribution in [0.1, 0.15) is 17.2 Å². The van der Waals surface area contributed by atoms with E-state index in [-0.39, 0.29) is 30.1 Å². The number of hydrogen-bond donors (Lipinski definition) is 1. The van der Waals surface area contributed by atoms with Crippen molar-refractivity contribution in [3.8, 4) is 5.75 Å². The Morgan fingerprint density at radius 2 is 2.29 bits per heavy atom. The van der Waals surface area contributed by atoms with Crippen LogP contribution >= 0.6 is 35.6 Å². The van der Waals surface area contributed by atoms with E-state index in [0.717, 1.165) is 48.9 Å². The lowest BCUT2D eigenvalue weighted by atomic mass is 10.1. The van der Waals surface area contributed by atoms with Gasteiger partial charge in [0, 0.05) is 44.0 Å². The molecule has 0 bridgehead atoms. The van der Waals surface area contributed by atoms with E-state index >= 15 is 0 Å². The van der Waals surface area contributed by atoms with Crippen LogP contribution in [0.15, 0.2) is 35.6 Å². The molecule has 28 heavy (non-hydrogen) atoms. The minimum atomic E-state index is 0. The SMILES string of the molecule is CN=C(NCCc1ccc(OC)cc1Cl)N1CCOC(c2cnn(C)c2)C1.I. The second-order valence-corrected chi connectivity index (χ2v) is 6.84. The number of nitrogens with one attached hydrogen (secondary N) is 1. The Balaban J connectivity index is 0.00000280. The number of methoxy groups -OCH3 is 1. The molecule has 3 rings (SSSR count). The van der Waals surface area contributed by atoms with Crippen LogP contribution in [-0.4, -0.2) is 61.0 Å². The molecule has 154 valence electrons. The lowest BCUT2D eigenvalue weighted by molar-refractivity contribution is -0.00800. The number of rotatable bonds is 5. The molecular weight excluding hydrogens is 493 g/mol. The summed E-state index contributed by atoms with van der Waals surface area (Å²) < 4.78 is 12.9. The zero-order valence-electron chi connectivity index (χ0n) is 16.4. The molecule has 1 aliphatic rings. The van der Waals surface area contributed by atoms with Crippen LogP contribution in [0.2, 0.25) is 5.02 Å². The number of guanidine groups is 1. The second kappa shape index (κ2) is 10.9. The van der Waals surface area contributed by atoms with E-state index in [2.05, 4.69) is 20.3 Å². The van der Waals surface area contributed by atoms with Gasteiger partial charge in [-0.25, -0.2) is 0 Å². The lowest BCUT2D eigenvalue weighted by Crippen LogP contribution is -2.48. The van der Waals surface area contributed by atoms with Crippen molar-refractivity contribution in [2.24, 2.45) is 12.0 Å². The third-order valence-corrected chi connectivity index (χ3v) is 4.96. The summed E-state index contributed by atoms with van der Waals surface area (Å²) in [4.78, 5) is 6.65. The number of aryl methyl sites for hydroxylation is 1. The molecule has 1 aliphatic heterocycles. The molecule has 1 fully saturated rings. The van der Waals surface area contributed by atoms with Gasteiger partial charge in [0.25, 0.3) is 0 Å². The molecule has 0 amide bonds. The second-order valence-electron chi connectivity index (χ2n) is 6.43. The predicted molar refractivity (Wildman–Crippen MR) is 122 cm³/mol. The Labute approximate surface area is 188 Å². The summed E-state index contributed by atoms with van der Waals surface area (Å²) in [7, 11) is 5.35. The number of hydrogen-bond acceptors (Lipinski definition) is 4. The zero-order chi connectivity index (χ0) is 19.2. The van der Waals surface area contributed by atoms with Gasteiger partial charge in [0.15, 0.2) is 5.96 Å². The van der Waals surface area contributed by atoms with Crippen LogP contribution in [0.25, 0.3) is 0 Å². The standard InChI is InChI=1S/C19H26ClN5O2.HI/c1-21-19(22-7-6-14-4-5-16(26-3)10-17(14)20)25-8-9-27-18(13-25)15-11-23-24(2)12-15;/h4-5,10-12,18H,6-9,13H2,1-3H3,(H,21,22);1H. The van der Waals surface area contributed by atoms with Gasteiger partial charge in [0.2, 0.25) is 0 Å². The Hall–Kier alpha value is -1.52. The van der Waals surface area contributed by atoms with E-state index in [1.165, 1.54) is 0 Å². The van der Waals surface area contributed by atoms with Gasteiger partial charge in [0.1, 0.15) is 11.9 Å². The van der Waals surface area contributed by atoms with Crippen LogP contribution in [0, 0.1) is 0 Å². The fourth-order valence-electron chi connectivity index (χ4n) is 3.15. The molecule has 0 radical (unpaired) electrons. The molecule has 0 aliphatic carbocycles. The van der Waals surface area contributed by atoms with E-state index in [0.29, 0.717) is 11.6 Å². The van der Waals surface area contributed by atoms with Gasteiger partial charge in [-0.15, -0.1) is 24.0 Å². The van der Waals surface area contributed by atoms with Crippen LogP contribution in [0.4, 0.5) is 0 Å². The summed E-state index contributed by atoms with van der Waals surface area (Å²) >= 11 is 6.32. The molecule has 2 heterocycles. The van der Waals surface area contributed by atoms with Crippen LogP contribution in [0.3, 0.4) is 0 Å². The smallest absolute Gasteiger partial charge is 0.193 e. The molecule has 1 atom stereocenters. The van der Waals surface area contributed by atoms with Gasteiger partial charge in [-0.05, 0) is 24.1 Å². The molecule has 1 aromatic heterocycles. The minimum Gasteiger partial charge on any atom is -0.497 e. The lowest BCUT2D eigenvalue weighted by Gasteiger charge is -2.34. The number of aliphatic imine (C=N–C) groups is 1. The largest absolute Gasteiger partial charge is 0.497 e. The molecule has 1 aromatic carbocycles. The first-order valence-electron chi connectivity index (χ1n) is 8.99. The van der Waals surface area contributed by atoms with Crippen molar-refractivity contribution < 1.29 is 9.47 Å². The Morgan fingerprint density at radius 3 is 2.93 bits per heavy atom. The first kappa shape index (κ1) is 22.8. The van der Waals surface area contributed by atoms with Gasteiger partial charge < -0.3 is 19.7 Å². The van der Waals surface area contributed by atoms with Gasteiger partial charge in [-0.1, -0.05) is 17.7 Å². The van der Waals surface area contributed by atoms with Crippen molar-refractivity contribution in [1.29, 1.82) is 0 Å². The van der Waals surface area contributed by atoms with Crippen LogP contribution in [-0.2, 0) is 18.2 Å². The summed E-state index contributed by atoms with van der Waals surface area (Å²) in [6.07, 6.45) is 4.66. The van der Waals surface area contributed by atoms with Crippen molar-refractivity contribution in [1.82, 2.24) is 20.0 Å². The summed E-state index contributed by atoms with van der Waals surface area (Å²) in [5, 5.41) is 8.38. The van der Waals surface area contributed by atoms with Crippen molar-refractivity contribution in [2.75, 3.05) is 40.4 Å². The molecular formula is C19H27ClIN5O2. The third-order valence-electron chi connectivity index (χ3n) is 4.61. The normalized spacial score (nSPS) is 17.2. The molecule has 1 saturated heterocycles. The van der Waals surface area contributed by atoms with Crippen molar-refractivity contribution in [3.63, 3.8) is 0 Å². The summed E-state index contributed by atoms with van der Waals surface area (Å²) in [5.74, 6) is 1.64. The highest BCUT2D eigenvalue weighted by atomic mass is 127. The number of aromatic nitrogens is 2. The number of halogens is 2. The molecule has 7 nitrogen and oxygen atoms in total. The highest BCUT2D eigenvalue weighted by Gasteiger charge is 2.25. The third kappa shape index (κ3) is 5.74. The first-order chi connectivity index (χ1) is 13.1. The maximum Gasteiger partial charge on any atom is 0.193 e. The monoisotopic (exact) mass is 519 g/mol. The Kier molecular flexibility index (Phi) is 8.84. The zero-order valence-corrected chi connectivity index (χ0v) is 19.5. The number of ether oxygens (including phenoxy) is 2. The summed E-state index contributed by atoms with van der Waals surface area (Å²) in [5.41, 5.74) is 2.17. The quantitative estimate of drug-likeness (QED) is 0.374. The average Bonchev–Trinajstić information content (AvgIpc) is 3.13. The van der Waals surface area contributed by atoms with E-state index in [1.54, 1.807) is 18.8 Å². The van der Waals surface area contributed by atoms with Crippen molar-refractivity contribution >= 4 is 41.5 Å². The van der Waals surface area contributed by atoms with Crippen molar-refractivity contribution in [3.05, 3.63) is 46.7 Å². The number of morpholine rings is 1. The molecule has 0 spiro atoms. The fraction of sp³-hybridized carbons (Fsp3) is 0.474. The Bertz CT molecular complexity index is 798. The van der Waals surface area contributed by atoms with E-state index in [9.17, 15) is 0 Å². The van der Waals surface area contributed by atoms with Gasteiger partial charge in [-0.3, -0.25) is 9.67 Å². The first-order valence-corrected chi connectivity index (χ1v) is 9.36. The van der Waals surface area contributed by atoms with E-state index in [4.69, 9.17) is 21.1 Å². The molecule has 9 heteroatoms. The van der Waals surface area contributed by atoms with Gasteiger partial charge in [-0.2, -0.15) is 5.10 Å². The van der Waals surface area contributed by atoms with Crippen molar-refractivity contribution in [2.45, 2.75) is 12.5 Å². The summed E-state index contributed by atoms with van der Waals surface area (Å²) in [6.45, 7) is 2.95. The maximum absolute atomic E-state index is 6.32. The van der Waals surface area contributed by atoms with Gasteiger partial charge in [0.05, 0.1) is 26.5 Å². The fourth-order valence-corrected chi connectivity index (χ4v) is 3.41. The average molecular weight is 520 g/mol.